The average molecular weight is 372 g/mol. The third-order valence-electron chi connectivity index (χ3n) is 3.71. The highest BCUT2D eigenvalue weighted by Crippen LogP contribution is 2.34. The van der Waals surface area contributed by atoms with Crippen LogP contribution in [0.2, 0.25) is 10.0 Å². The van der Waals surface area contributed by atoms with Crippen molar-refractivity contribution in [1.29, 1.82) is 0 Å². The third kappa shape index (κ3) is 4.55. The summed E-state index contributed by atoms with van der Waals surface area (Å²) in [6.07, 6.45) is 0.874. The molecule has 124 valence electrons. The molecule has 0 heterocycles. The molecule has 1 unspecified atom stereocenters. The van der Waals surface area contributed by atoms with E-state index in [1.54, 1.807) is 36.6 Å². The minimum absolute atomic E-state index is 0.199. The molecule has 0 fully saturated rings. The number of hydrogen-bond acceptors (Lipinski definition) is 3. The Balaban J connectivity index is 2.38. The molecule has 0 aliphatic rings. The van der Waals surface area contributed by atoms with Gasteiger partial charge in [-0.05, 0) is 42.4 Å². The number of benzene rings is 2. The Labute approximate surface area is 149 Å². The van der Waals surface area contributed by atoms with Crippen LogP contribution in [0.4, 0.5) is 0 Å². The van der Waals surface area contributed by atoms with E-state index < -0.39 is 16.9 Å². The zero-order chi connectivity index (χ0) is 17.0. The maximum Gasteiger partial charge on any atom is 0.0871 e. The smallest absolute Gasteiger partial charge is 0.0871 e. The fourth-order valence-electron chi connectivity index (χ4n) is 2.48. The van der Waals surface area contributed by atoms with Gasteiger partial charge in [0.05, 0.1) is 16.1 Å². The average Bonchev–Trinajstić information content (AvgIpc) is 2.55. The van der Waals surface area contributed by atoms with Crippen LogP contribution in [0.1, 0.15) is 23.1 Å². The molecule has 0 radical (unpaired) electrons. The van der Waals surface area contributed by atoms with Crippen molar-refractivity contribution in [3.63, 3.8) is 0 Å². The van der Waals surface area contributed by atoms with Gasteiger partial charge in [0.15, 0.2) is 0 Å². The lowest BCUT2D eigenvalue weighted by Gasteiger charge is -2.24. The number of halogens is 2. The highest BCUT2D eigenvalue weighted by molar-refractivity contribution is 7.84. The summed E-state index contributed by atoms with van der Waals surface area (Å²) in [4.78, 5) is 0.693. The van der Waals surface area contributed by atoms with Gasteiger partial charge < -0.3 is 10.4 Å². The molecule has 2 aromatic carbocycles. The van der Waals surface area contributed by atoms with Gasteiger partial charge in [0.25, 0.3) is 0 Å². The molecule has 6 heteroatoms. The lowest BCUT2D eigenvalue weighted by molar-refractivity contribution is 0.144. The first kappa shape index (κ1) is 18.4. The van der Waals surface area contributed by atoms with Crippen LogP contribution in [0.5, 0.6) is 0 Å². The van der Waals surface area contributed by atoms with Crippen molar-refractivity contribution in [3.8, 4) is 0 Å². The van der Waals surface area contributed by atoms with Crippen molar-refractivity contribution in [2.75, 3.05) is 19.8 Å². The normalized spacial score (nSPS) is 15.2. The molecule has 0 amide bonds. The van der Waals surface area contributed by atoms with Crippen molar-refractivity contribution in [3.05, 3.63) is 63.6 Å². The number of aliphatic hydroxyl groups excluding tert-OH is 1. The van der Waals surface area contributed by atoms with Gasteiger partial charge in [-0.3, -0.25) is 4.21 Å². The topological polar surface area (TPSA) is 49.3 Å². The zero-order valence-corrected chi connectivity index (χ0v) is 15.3. The molecular weight excluding hydrogens is 353 g/mol. The molecule has 2 N–H and O–H groups in total. The van der Waals surface area contributed by atoms with Gasteiger partial charge in [-0.15, -0.1) is 0 Å². The minimum Gasteiger partial charge on any atom is -0.388 e. The van der Waals surface area contributed by atoms with E-state index in [1.807, 2.05) is 19.2 Å². The Bertz CT molecular complexity index is 709. The zero-order valence-electron chi connectivity index (χ0n) is 12.9. The van der Waals surface area contributed by atoms with E-state index in [1.165, 1.54) is 0 Å². The van der Waals surface area contributed by atoms with Gasteiger partial charge in [-0.2, -0.15) is 0 Å². The van der Waals surface area contributed by atoms with Crippen molar-refractivity contribution >= 4 is 34.0 Å². The van der Waals surface area contributed by atoms with Crippen LogP contribution in [0, 0.1) is 0 Å². The lowest BCUT2D eigenvalue weighted by Crippen LogP contribution is -2.23. The van der Waals surface area contributed by atoms with Crippen LogP contribution in [0.3, 0.4) is 0 Å². The molecule has 0 saturated heterocycles. The number of aliphatic hydroxyl groups is 1. The second-order valence-corrected chi connectivity index (χ2v) is 7.50. The summed E-state index contributed by atoms with van der Waals surface area (Å²) in [5.41, 5.74) is 1.62. The maximum absolute atomic E-state index is 11.7. The van der Waals surface area contributed by atoms with Crippen LogP contribution in [0.25, 0.3) is 0 Å². The Morgan fingerprint density at radius 1 is 1.13 bits per heavy atom. The van der Waals surface area contributed by atoms with Crippen LogP contribution in [-0.2, 0) is 10.8 Å². The largest absolute Gasteiger partial charge is 0.388 e. The van der Waals surface area contributed by atoms with Gasteiger partial charge in [-0.1, -0.05) is 41.4 Å². The van der Waals surface area contributed by atoms with Gasteiger partial charge in [0, 0.05) is 34.4 Å². The molecule has 2 aromatic rings. The molecule has 0 aromatic heterocycles. The van der Waals surface area contributed by atoms with Gasteiger partial charge in [0.1, 0.15) is 0 Å². The van der Waals surface area contributed by atoms with Crippen LogP contribution in [0.15, 0.2) is 47.4 Å². The Hall–Kier alpha value is -0.910. The second-order valence-electron chi connectivity index (χ2n) is 5.31. The molecule has 0 aliphatic carbocycles. The van der Waals surface area contributed by atoms with E-state index in [0.717, 1.165) is 11.1 Å². The number of rotatable bonds is 6. The highest BCUT2D eigenvalue weighted by atomic mass is 35.5. The van der Waals surface area contributed by atoms with Gasteiger partial charge in [0.2, 0.25) is 0 Å². The van der Waals surface area contributed by atoms with Crippen LogP contribution < -0.4 is 5.32 Å². The highest BCUT2D eigenvalue weighted by Gasteiger charge is 2.23. The molecule has 23 heavy (non-hydrogen) atoms. The molecule has 3 atom stereocenters. The number of nitrogens with one attached hydrogen (secondary N) is 1. The van der Waals surface area contributed by atoms with Crippen LogP contribution in [-0.4, -0.2) is 29.2 Å². The second kappa shape index (κ2) is 8.27. The van der Waals surface area contributed by atoms with E-state index in [4.69, 9.17) is 23.2 Å². The molecule has 0 spiro atoms. The lowest BCUT2D eigenvalue weighted by atomic mass is 9.89. The standard InChI is InChI=1S/C17H19Cl2NO2S/c1-20-10-14(11-6-7-15(18)16(19)9-11)17(21)12-4-3-5-13(8-12)23(2)22/h3-9,14,17,20-21H,10H2,1-2H3/t14-,17-,23?/m0/s1. The first-order valence-corrected chi connectivity index (χ1v) is 9.46. The first-order valence-electron chi connectivity index (χ1n) is 7.15. The third-order valence-corrected chi connectivity index (χ3v) is 5.37. The summed E-state index contributed by atoms with van der Waals surface area (Å²) >= 11 is 12.1. The molecule has 0 saturated carbocycles. The van der Waals surface area contributed by atoms with Crippen molar-refractivity contribution in [1.82, 2.24) is 5.32 Å². The van der Waals surface area contributed by atoms with E-state index in [0.29, 0.717) is 21.5 Å². The fraction of sp³-hybridized carbons (Fsp3) is 0.294. The van der Waals surface area contributed by atoms with Crippen molar-refractivity contribution < 1.29 is 9.32 Å². The molecule has 0 bridgehead atoms. The summed E-state index contributed by atoms with van der Waals surface area (Å²) in [5, 5.41) is 14.9. The van der Waals surface area contributed by atoms with Crippen LogP contribution >= 0.6 is 23.2 Å². The van der Waals surface area contributed by atoms with Gasteiger partial charge in [-0.25, -0.2) is 0 Å². The Morgan fingerprint density at radius 3 is 2.48 bits per heavy atom. The molecule has 2 rings (SSSR count). The van der Waals surface area contributed by atoms with Crippen molar-refractivity contribution in [2.45, 2.75) is 16.9 Å². The maximum atomic E-state index is 11.7. The summed E-state index contributed by atoms with van der Waals surface area (Å²) in [7, 11) is 0.739. The van der Waals surface area contributed by atoms with Gasteiger partial charge >= 0.3 is 0 Å². The predicted octanol–water partition coefficient (Wildman–Crippen LogP) is 3.77. The summed E-state index contributed by atoms with van der Waals surface area (Å²) in [6, 6.07) is 12.6. The summed E-state index contributed by atoms with van der Waals surface area (Å²) in [6.45, 7) is 0.568. The fourth-order valence-corrected chi connectivity index (χ4v) is 3.36. The predicted molar refractivity (Wildman–Crippen MR) is 96.9 cm³/mol. The Morgan fingerprint density at radius 2 is 1.87 bits per heavy atom. The number of hydrogen-bond donors (Lipinski definition) is 2. The monoisotopic (exact) mass is 371 g/mol. The minimum atomic E-state index is -1.09. The molecular formula is C17H19Cl2NO2S. The molecule has 0 aliphatic heterocycles. The number of likely N-dealkylation sites (N-methyl/N-ethyl adjacent to an activating group) is 1. The first-order chi connectivity index (χ1) is 10.9. The van der Waals surface area contributed by atoms with E-state index >= 15 is 0 Å². The van der Waals surface area contributed by atoms with E-state index in [2.05, 4.69) is 5.32 Å². The summed E-state index contributed by atoms with van der Waals surface area (Å²) in [5.74, 6) is -0.199. The van der Waals surface area contributed by atoms with E-state index in [9.17, 15) is 9.32 Å². The summed E-state index contributed by atoms with van der Waals surface area (Å²) < 4.78 is 11.7. The molecule has 3 nitrogen and oxygen atoms in total. The SMILES string of the molecule is CNC[C@@H](c1ccc(Cl)c(Cl)c1)[C@@H](O)c1cccc(S(C)=O)c1. The van der Waals surface area contributed by atoms with E-state index in [-0.39, 0.29) is 5.92 Å². The van der Waals surface area contributed by atoms with Crippen molar-refractivity contribution in [2.24, 2.45) is 0 Å². The Kier molecular flexibility index (Phi) is 6.62. The quantitative estimate of drug-likeness (QED) is 0.812.